The summed E-state index contributed by atoms with van der Waals surface area (Å²) in [5.74, 6) is 0.0173. The summed E-state index contributed by atoms with van der Waals surface area (Å²) in [6.07, 6.45) is -0.253. The van der Waals surface area contributed by atoms with Crippen LogP contribution in [0.2, 0.25) is 0 Å². The van der Waals surface area contributed by atoms with Crippen molar-refractivity contribution in [2.75, 3.05) is 13.7 Å². The summed E-state index contributed by atoms with van der Waals surface area (Å²) in [6.45, 7) is 6.27. The van der Waals surface area contributed by atoms with Gasteiger partial charge in [0.25, 0.3) is 0 Å². The molecule has 0 saturated heterocycles. The van der Waals surface area contributed by atoms with Gasteiger partial charge in [-0.2, -0.15) is 4.98 Å². The molecule has 10 heteroatoms. The Labute approximate surface area is 174 Å². The summed E-state index contributed by atoms with van der Waals surface area (Å²) in [5, 5.41) is 9.90. The maximum Gasteiger partial charge on any atom is 0.246 e. The van der Waals surface area contributed by atoms with Gasteiger partial charge in [0.15, 0.2) is 11.8 Å². The lowest BCUT2D eigenvalue weighted by Gasteiger charge is -2.18. The van der Waals surface area contributed by atoms with Crippen molar-refractivity contribution in [1.29, 1.82) is 0 Å². The molecule has 0 aliphatic rings. The highest BCUT2D eigenvalue weighted by molar-refractivity contribution is 14.0. The number of guanidine groups is 1. The third kappa shape index (κ3) is 6.69. The third-order valence-corrected chi connectivity index (χ3v) is 3.68. The van der Waals surface area contributed by atoms with Crippen LogP contribution in [-0.4, -0.2) is 29.8 Å². The van der Waals surface area contributed by atoms with Crippen molar-refractivity contribution in [2.24, 2.45) is 4.99 Å². The minimum atomic E-state index is -0.619. The Hall–Kier alpha value is -1.82. The monoisotopic (exact) mass is 495 g/mol. The Morgan fingerprint density at radius 2 is 2.07 bits per heavy atom. The first-order valence-electron chi connectivity index (χ1n) is 8.30. The molecule has 1 aromatic heterocycles. The molecule has 2 aromatic rings. The summed E-state index contributed by atoms with van der Waals surface area (Å²) in [6, 6.07) is 3.04. The number of aliphatic imine (C=N–C) groups is 1. The molecular weight excluding hydrogens is 471 g/mol. The molecule has 150 valence electrons. The van der Waals surface area contributed by atoms with Crippen LogP contribution in [0.3, 0.4) is 0 Å². The fraction of sp³-hybridized carbons (Fsp3) is 0.471. The number of rotatable bonds is 7. The third-order valence-electron chi connectivity index (χ3n) is 3.68. The minimum Gasteiger partial charge on any atom is -0.371 e. The van der Waals surface area contributed by atoms with E-state index < -0.39 is 17.7 Å². The van der Waals surface area contributed by atoms with E-state index in [4.69, 9.17) is 9.26 Å². The molecule has 0 aliphatic carbocycles. The smallest absolute Gasteiger partial charge is 0.246 e. The number of nitrogens with one attached hydrogen (secondary N) is 2. The van der Waals surface area contributed by atoms with E-state index in [9.17, 15) is 8.78 Å². The molecule has 7 nitrogen and oxygen atoms in total. The zero-order valence-corrected chi connectivity index (χ0v) is 18.0. The zero-order valence-electron chi connectivity index (χ0n) is 15.6. The van der Waals surface area contributed by atoms with Crippen LogP contribution in [0, 0.1) is 11.6 Å². The summed E-state index contributed by atoms with van der Waals surface area (Å²) in [7, 11) is 1.58. The number of hydrogen-bond donors (Lipinski definition) is 2. The number of aromatic nitrogens is 2. The topological polar surface area (TPSA) is 84.6 Å². The van der Waals surface area contributed by atoms with Gasteiger partial charge < -0.3 is 19.9 Å². The summed E-state index contributed by atoms with van der Waals surface area (Å²) in [5.41, 5.74) is 0.333. The Morgan fingerprint density at radius 3 is 2.70 bits per heavy atom. The second-order valence-corrected chi connectivity index (χ2v) is 5.60. The van der Waals surface area contributed by atoms with Crippen molar-refractivity contribution in [1.82, 2.24) is 20.8 Å². The molecule has 2 atom stereocenters. The fourth-order valence-corrected chi connectivity index (χ4v) is 2.32. The Kier molecular flexibility index (Phi) is 9.56. The first kappa shape index (κ1) is 23.2. The molecule has 2 unspecified atom stereocenters. The van der Waals surface area contributed by atoms with Crippen molar-refractivity contribution < 1.29 is 18.0 Å². The minimum absolute atomic E-state index is 0. The predicted octanol–water partition coefficient (Wildman–Crippen LogP) is 3.49. The predicted molar refractivity (Wildman–Crippen MR) is 108 cm³/mol. The highest BCUT2D eigenvalue weighted by Gasteiger charge is 2.16. The van der Waals surface area contributed by atoms with Crippen molar-refractivity contribution in [2.45, 2.75) is 39.5 Å². The molecular formula is C17H24F2IN5O2. The van der Waals surface area contributed by atoms with Crippen molar-refractivity contribution in [3.05, 3.63) is 47.1 Å². The van der Waals surface area contributed by atoms with Crippen LogP contribution in [0.15, 0.2) is 27.7 Å². The van der Waals surface area contributed by atoms with Gasteiger partial charge in [-0.3, -0.25) is 4.99 Å². The van der Waals surface area contributed by atoms with E-state index in [1.165, 1.54) is 12.1 Å². The molecule has 1 heterocycles. The average Bonchev–Trinajstić information content (AvgIpc) is 3.07. The van der Waals surface area contributed by atoms with E-state index in [-0.39, 0.29) is 36.6 Å². The van der Waals surface area contributed by atoms with Gasteiger partial charge in [0.1, 0.15) is 17.7 Å². The van der Waals surface area contributed by atoms with E-state index in [1.807, 2.05) is 13.8 Å². The van der Waals surface area contributed by atoms with Gasteiger partial charge in [-0.05, 0) is 26.8 Å². The van der Waals surface area contributed by atoms with Gasteiger partial charge in [0, 0.05) is 25.3 Å². The molecule has 0 aliphatic heterocycles. The molecule has 0 bridgehead atoms. The standard InChI is InChI=1S/C17H23F2N5O2.HI/c1-5-25-11(3)16-23-15(26-24-16)9-21-17(20-4)22-10(2)13-7-6-12(18)8-14(13)19;/h6-8,10-11H,5,9H2,1-4H3,(H2,20,21,22);1H. The molecule has 1 aromatic carbocycles. The highest BCUT2D eigenvalue weighted by atomic mass is 127. The fourth-order valence-electron chi connectivity index (χ4n) is 2.32. The van der Waals surface area contributed by atoms with E-state index >= 15 is 0 Å². The lowest BCUT2D eigenvalue weighted by atomic mass is 10.1. The maximum atomic E-state index is 13.9. The van der Waals surface area contributed by atoms with Crippen LogP contribution in [0.4, 0.5) is 8.78 Å². The SMILES string of the molecule is CCOC(C)c1noc(CNC(=NC)NC(C)c2ccc(F)cc2F)n1.I. The number of halogens is 3. The average molecular weight is 495 g/mol. The van der Waals surface area contributed by atoms with Crippen molar-refractivity contribution in [3.8, 4) is 0 Å². The molecule has 2 N–H and O–H groups in total. The van der Waals surface area contributed by atoms with E-state index in [1.54, 1.807) is 14.0 Å². The lowest BCUT2D eigenvalue weighted by Crippen LogP contribution is -2.38. The van der Waals surface area contributed by atoms with E-state index in [0.29, 0.717) is 29.8 Å². The number of benzene rings is 1. The lowest BCUT2D eigenvalue weighted by molar-refractivity contribution is 0.0683. The van der Waals surface area contributed by atoms with E-state index in [0.717, 1.165) is 6.07 Å². The summed E-state index contributed by atoms with van der Waals surface area (Å²) < 4.78 is 37.5. The van der Waals surface area contributed by atoms with E-state index in [2.05, 4.69) is 25.8 Å². The quantitative estimate of drug-likeness (QED) is 0.348. The molecule has 0 radical (unpaired) electrons. The number of ether oxygens (including phenoxy) is 1. The summed E-state index contributed by atoms with van der Waals surface area (Å²) in [4.78, 5) is 8.32. The van der Waals surface area contributed by atoms with Gasteiger partial charge in [0.2, 0.25) is 5.89 Å². The van der Waals surface area contributed by atoms with Gasteiger partial charge in [0.05, 0.1) is 12.6 Å². The Balaban J connectivity index is 0.00000364. The molecule has 27 heavy (non-hydrogen) atoms. The maximum absolute atomic E-state index is 13.9. The second kappa shape index (κ2) is 11.1. The van der Waals surface area contributed by atoms with Gasteiger partial charge in [-0.1, -0.05) is 11.2 Å². The first-order chi connectivity index (χ1) is 12.4. The first-order valence-corrected chi connectivity index (χ1v) is 8.30. The second-order valence-electron chi connectivity index (χ2n) is 5.60. The van der Waals surface area contributed by atoms with Crippen LogP contribution < -0.4 is 10.6 Å². The Bertz CT molecular complexity index is 757. The highest BCUT2D eigenvalue weighted by Crippen LogP contribution is 2.17. The molecule has 0 amide bonds. The number of hydrogen-bond acceptors (Lipinski definition) is 5. The molecule has 0 saturated carbocycles. The molecule has 0 spiro atoms. The molecule has 2 rings (SSSR count). The van der Waals surface area contributed by atoms with Gasteiger partial charge >= 0.3 is 0 Å². The van der Waals surface area contributed by atoms with Crippen molar-refractivity contribution >= 4 is 29.9 Å². The number of nitrogens with zero attached hydrogens (tertiary/aromatic N) is 3. The van der Waals surface area contributed by atoms with Crippen LogP contribution >= 0.6 is 24.0 Å². The molecule has 0 fully saturated rings. The summed E-state index contributed by atoms with van der Waals surface area (Å²) >= 11 is 0. The largest absolute Gasteiger partial charge is 0.371 e. The Morgan fingerprint density at radius 1 is 1.33 bits per heavy atom. The van der Waals surface area contributed by atoms with Crippen LogP contribution in [0.25, 0.3) is 0 Å². The van der Waals surface area contributed by atoms with Gasteiger partial charge in [-0.25, -0.2) is 8.78 Å². The van der Waals surface area contributed by atoms with Crippen molar-refractivity contribution in [3.63, 3.8) is 0 Å². The van der Waals surface area contributed by atoms with Gasteiger partial charge in [-0.15, -0.1) is 24.0 Å². The van der Waals surface area contributed by atoms with Crippen LogP contribution in [0.5, 0.6) is 0 Å². The van der Waals surface area contributed by atoms with Crippen LogP contribution in [-0.2, 0) is 11.3 Å². The van der Waals surface area contributed by atoms with Crippen LogP contribution in [0.1, 0.15) is 50.2 Å². The zero-order chi connectivity index (χ0) is 19.1. The normalized spacial score (nSPS) is 13.6.